The van der Waals surface area contributed by atoms with Gasteiger partial charge in [0.25, 0.3) is 0 Å². The van der Waals surface area contributed by atoms with E-state index >= 15 is 0 Å². The van der Waals surface area contributed by atoms with E-state index in [0.717, 1.165) is 18.5 Å². The van der Waals surface area contributed by atoms with E-state index in [1.165, 1.54) is 19.3 Å². The summed E-state index contributed by atoms with van der Waals surface area (Å²) in [4.78, 5) is 16.9. The van der Waals surface area contributed by atoms with Crippen molar-refractivity contribution >= 4 is 21.4 Å². The number of piperazine rings is 1. The van der Waals surface area contributed by atoms with E-state index in [0.29, 0.717) is 12.6 Å². The molecule has 1 aromatic carbocycles. The van der Waals surface area contributed by atoms with Crippen LogP contribution in [0.2, 0.25) is 0 Å². The quantitative estimate of drug-likeness (QED) is 0.818. The molecule has 1 aliphatic carbocycles. The topological polar surface area (TPSA) is 57.7 Å². The molecule has 1 saturated carbocycles. The Bertz CT molecular complexity index is 713. The van der Waals surface area contributed by atoms with E-state index in [4.69, 9.17) is 0 Å². The van der Waals surface area contributed by atoms with Crippen molar-refractivity contribution in [1.29, 1.82) is 0 Å². The molecule has 0 spiro atoms. The van der Waals surface area contributed by atoms with Gasteiger partial charge in [-0.3, -0.25) is 9.69 Å². The normalized spacial score (nSPS) is 31.2. The molecular formula is C18H24N2O3S. The average molecular weight is 348 g/mol. The third kappa shape index (κ3) is 2.86. The van der Waals surface area contributed by atoms with Gasteiger partial charge in [0.05, 0.1) is 24.1 Å². The molecular weight excluding hydrogens is 324 g/mol. The maximum Gasteiger partial charge on any atom is 0.241 e. The van der Waals surface area contributed by atoms with Gasteiger partial charge in [-0.15, -0.1) is 0 Å². The fraction of sp³-hybridized carbons (Fsp3) is 0.611. The van der Waals surface area contributed by atoms with Gasteiger partial charge >= 0.3 is 0 Å². The molecule has 2 saturated heterocycles. The molecule has 2 heterocycles. The lowest BCUT2D eigenvalue weighted by Crippen LogP contribution is -2.64. The molecule has 2 atom stereocenters. The van der Waals surface area contributed by atoms with Gasteiger partial charge in [0.1, 0.15) is 0 Å². The Morgan fingerprint density at radius 2 is 1.58 bits per heavy atom. The number of benzene rings is 1. The molecule has 0 unspecified atom stereocenters. The van der Waals surface area contributed by atoms with Crippen LogP contribution in [0.3, 0.4) is 0 Å². The molecule has 0 N–H and O–H groups in total. The number of sulfone groups is 1. The lowest BCUT2D eigenvalue weighted by molar-refractivity contribution is -0.124. The maximum absolute atomic E-state index is 12.9. The van der Waals surface area contributed by atoms with Crippen LogP contribution in [-0.4, -0.2) is 55.4 Å². The van der Waals surface area contributed by atoms with E-state index in [9.17, 15) is 13.2 Å². The SMILES string of the molecule is O=C1CN(C2CCCCC2)[C@H]2CS(=O)(=O)C[C@@H]2N1c1ccccc1. The first-order chi connectivity index (χ1) is 11.6. The minimum absolute atomic E-state index is 0.0325. The number of carbonyl (C=O) groups excluding carboxylic acids is 1. The summed E-state index contributed by atoms with van der Waals surface area (Å²) in [6, 6.07) is 9.56. The molecule has 0 aromatic heterocycles. The second kappa shape index (κ2) is 6.15. The summed E-state index contributed by atoms with van der Waals surface area (Å²) in [5, 5.41) is 0. The number of hydrogen-bond donors (Lipinski definition) is 0. The summed E-state index contributed by atoms with van der Waals surface area (Å²) >= 11 is 0. The van der Waals surface area contributed by atoms with Crippen LogP contribution in [0.25, 0.3) is 0 Å². The van der Waals surface area contributed by atoms with Gasteiger partial charge in [0, 0.05) is 17.8 Å². The molecule has 3 fully saturated rings. The Hall–Kier alpha value is -1.40. The van der Waals surface area contributed by atoms with Gasteiger partial charge in [0.2, 0.25) is 5.91 Å². The molecule has 5 nitrogen and oxygen atoms in total. The molecule has 6 heteroatoms. The second-order valence-electron chi connectivity index (χ2n) is 7.28. The van der Waals surface area contributed by atoms with Gasteiger partial charge in [-0.05, 0) is 25.0 Å². The number of hydrogen-bond acceptors (Lipinski definition) is 4. The Labute approximate surface area is 143 Å². The minimum atomic E-state index is -3.10. The fourth-order valence-corrected chi connectivity index (χ4v) is 6.61. The highest BCUT2D eigenvalue weighted by molar-refractivity contribution is 7.91. The number of fused-ring (bicyclic) bond motifs is 1. The third-order valence-electron chi connectivity index (χ3n) is 5.72. The lowest BCUT2D eigenvalue weighted by Gasteiger charge is -2.47. The zero-order valence-electron chi connectivity index (χ0n) is 13.8. The van der Waals surface area contributed by atoms with Crippen molar-refractivity contribution in [3.05, 3.63) is 30.3 Å². The summed E-state index contributed by atoms with van der Waals surface area (Å²) in [5.41, 5.74) is 0.817. The van der Waals surface area contributed by atoms with Crippen molar-refractivity contribution in [1.82, 2.24) is 4.90 Å². The predicted molar refractivity (Wildman–Crippen MR) is 93.7 cm³/mol. The molecule has 3 aliphatic rings. The van der Waals surface area contributed by atoms with Crippen molar-refractivity contribution in [3.8, 4) is 0 Å². The van der Waals surface area contributed by atoms with Gasteiger partial charge in [-0.25, -0.2) is 8.42 Å². The van der Waals surface area contributed by atoms with Crippen LogP contribution in [0.4, 0.5) is 5.69 Å². The first kappa shape index (κ1) is 16.1. The van der Waals surface area contributed by atoms with Crippen molar-refractivity contribution in [2.45, 2.75) is 50.2 Å². The predicted octanol–water partition coefficient (Wildman–Crippen LogP) is 1.83. The largest absolute Gasteiger partial charge is 0.306 e. The van der Waals surface area contributed by atoms with Crippen LogP contribution in [0.1, 0.15) is 32.1 Å². The van der Waals surface area contributed by atoms with Crippen molar-refractivity contribution in [2.75, 3.05) is 23.0 Å². The van der Waals surface area contributed by atoms with Crippen molar-refractivity contribution in [3.63, 3.8) is 0 Å². The van der Waals surface area contributed by atoms with Crippen LogP contribution < -0.4 is 4.90 Å². The number of amides is 1. The number of rotatable bonds is 2. The van der Waals surface area contributed by atoms with E-state index in [-0.39, 0.29) is 29.5 Å². The van der Waals surface area contributed by atoms with Crippen LogP contribution in [0, 0.1) is 0 Å². The van der Waals surface area contributed by atoms with E-state index in [1.54, 1.807) is 4.90 Å². The van der Waals surface area contributed by atoms with Gasteiger partial charge in [-0.1, -0.05) is 37.5 Å². The highest BCUT2D eigenvalue weighted by atomic mass is 32.2. The highest BCUT2D eigenvalue weighted by Gasteiger charge is 2.51. The number of nitrogens with zero attached hydrogens (tertiary/aromatic N) is 2. The monoisotopic (exact) mass is 348 g/mol. The molecule has 4 rings (SSSR count). The Kier molecular flexibility index (Phi) is 4.12. The zero-order valence-corrected chi connectivity index (χ0v) is 14.6. The number of anilines is 1. The Morgan fingerprint density at radius 1 is 0.917 bits per heavy atom. The maximum atomic E-state index is 12.9. The van der Waals surface area contributed by atoms with Crippen LogP contribution >= 0.6 is 0 Å². The standard InChI is InChI=1S/C18H24N2O3S/c21-18-11-19(14-7-3-1-4-8-14)16-12-24(22,23)13-17(16)20(18)15-9-5-2-6-10-15/h2,5-6,9-10,14,16-17H,1,3-4,7-8,11-13H2/t16-,17-/m0/s1. The summed E-state index contributed by atoms with van der Waals surface area (Å²) in [6.07, 6.45) is 5.79. The van der Waals surface area contributed by atoms with Crippen LogP contribution in [0.5, 0.6) is 0 Å². The number of para-hydroxylation sites is 1. The second-order valence-corrected chi connectivity index (χ2v) is 9.43. The summed E-state index contributed by atoms with van der Waals surface area (Å²) in [6.45, 7) is 0.343. The summed E-state index contributed by atoms with van der Waals surface area (Å²) < 4.78 is 24.7. The van der Waals surface area contributed by atoms with E-state index < -0.39 is 9.84 Å². The fourth-order valence-electron chi connectivity index (χ4n) is 4.65. The van der Waals surface area contributed by atoms with Crippen LogP contribution in [0.15, 0.2) is 30.3 Å². The van der Waals surface area contributed by atoms with Gasteiger partial charge in [0.15, 0.2) is 9.84 Å². The number of carbonyl (C=O) groups is 1. The first-order valence-corrected chi connectivity index (χ1v) is 10.7. The molecule has 24 heavy (non-hydrogen) atoms. The lowest BCUT2D eigenvalue weighted by atomic mass is 9.91. The van der Waals surface area contributed by atoms with E-state index in [1.807, 2.05) is 30.3 Å². The summed E-state index contributed by atoms with van der Waals surface area (Å²) in [7, 11) is -3.10. The highest BCUT2D eigenvalue weighted by Crippen LogP contribution is 2.35. The molecule has 1 aromatic rings. The molecule has 0 bridgehead atoms. The van der Waals surface area contributed by atoms with Gasteiger partial charge in [-0.2, -0.15) is 0 Å². The Morgan fingerprint density at radius 3 is 2.29 bits per heavy atom. The smallest absolute Gasteiger partial charge is 0.241 e. The first-order valence-electron chi connectivity index (χ1n) is 8.88. The average Bonchev–Trinajstić information content (AvgIpc) is 2.90. The molecule has 130 valence electrons. The molecule has 0 radical (unpaired) electrons. The molecule has 1 amide bonds. The minimum Gasteiger partial charge on any atom is -0.306 e. The Balaban J connectivity index is 1.68. The zero-order chi connectivity index (χ0) is 16.7. The van der Waals surface area contributed by atoms with Crippen LogP contribution in [-0.2, 0) is 14.6 Å². The van der Waals surface area contributed by atoms with Crippen molar-refractivity contribution in [2.24, 2.45) is 0 Å². The van der Waals surface area contributed by atoms with Crippen molar-refractivity contribution < 1.29 is 13.2 Å². The molecule has 2 aliphatic heterocycles. The van der Waals surface area contributed by atoms with E-state index in [2.05, 4.69) is 4.90 Å². The summed E-state index contributed by atoms with van der Waals surface area (Å²) in [5.74, 6) is 0.303. The van der Waals surface area contributed by atoms with Gasteiger partial charge < -0.3 is 4.90 Å². The third-order valence-corrected chi connectivity index (χ3v) is 7.41.